The first-order valence-corrected chi connectivity index (χ1v) is 8.17. The molecule has 0 bridgehead atoms. The fourth-order valence-electron chi connectivity index (χ4n) is 2.92. The van der Waals surface area contributed by atoms with Crippen LogP contribution in [0.3, 0.4) is 0 Å². The van der Waals surface area contributed by atoms with Crippen molar-refractivity contribution in [3.63, 3.8) is 0 Å². The van der Waals surface area contributed by atoms with Crippen LogP contribution >= 0.6 is 0 Å². The molecule has 2 aromatic heterocycles. The van der Waals surface area contributed by atoms with Crippen LogP contribution in [0.25, 0.3) is 22.4 Å². The van der Waals surface area contributed by atoms with Gasteiger partial charge >= 0.3 is 5.69 Å². The summed E-state index contributed by atoms with van der Waals surface area (Å²) in [6.45, 7) is 6.59. The van der Waals surface area contributed by atoms with Crippen molar-refractivity contribution >= 4 is 11.2 Å². The van der Waals surface area contributed by atoms with Crippen molar-refractivity contribution in [2.45, 2.75) is 33.9 Å². The van der Waals surface area contributed by atoms with Gasteiger partial charge in [-0.25, -0.2) is 14.2 Å². The third kappa shape index (κ3) is 3.22. The van der Waals surface area contributed by atoms with Gasteiger partial charge in [-0.05, 0) is 35.2 Å². The van der Waals surface area contributed by atoms with Crippen LogP contribution in [-0.2, 0) is 20.2 Å². The van der Waals surface area contributed by atoms with Gasteiger partial charge in [-0.15, -0.1) is 0 Å². The van der Waals surface area contributed by atoms with E-state index in [0.717, 1.165) is 5.52 Å². The van der Waals surface area contributed by atoms with E-state index in [-0.39, 0.29) is 17.7 Å². The molecule has 0 aliphatic heterocycles. The average Bonchev–Trinajstić information content (AvgIpc) is 2.78. The Morgan fingerprint density at radius 1 is 1.20 bits per heavy atom. The number of benzene rings is 1. The highest BCUT2D eigenvalue weighted by Crippen LogP contribution is 2.25. The molecule has 6 heteroatoms. The molecular formula is C19H22FN3O2. The van der Waals surface area contributed by atoms with Crippen LogP contribution in [-0.4, -0.2) is 19.2 Å². The third-order valence-electron chi connectivity index (χ3n) is 4.10. The highest BCUT2D eigenvalue weighted by molar-refractivity contribution is 5.76. The molecule has 1 N–H and O–H groups in total. The Kier molecular flexibility index (Phi) is 4.24. The largest absolute Gasteiger partial charge is 0.392 e. The predicted octanol–water partition coefficient (Wildman–Crippen LogP) is 3.08. The Balaban J connectivity index is 2.19. The lowest BCUT2D eigenvalue weighted by atomic mass is 9.97. The number of fused-ring (bicyclic) bond motifs is 1. The van der Waals surface area contributed by atoms with E-state index in [4.69, 9.17) is 0 Å². The molecule has 0 saturated carbocycles. The van der Waals surface area contributed by atoms with Crippen molar-refractivity contribution in [2.24, 2.45) is 12.5 Å². The SMILES string of the molecule is Cn1c(=O)n(CC(C)(C)C)c2ccc(-c3cc(CO)ccc3F)nc21. The Bertz CT molecular complexity index is 996. The molecule has 3 aromatic rings. The smallest absolute Gasteiger partial charge is 0.330 e. The number of imidazole rings is 1. The number of halogens is 1. The first kappa shape index (κ1) is 17.4. The third-order valence-corrected chi connectivity index (χ3v) is 4.10. The second kappa shape index (κ2) is 6.11. The van der Waals surface area contributed by atoms with Gasteiger partial charge < -0.3 is 5.11 Å². The van der Waals surface area contributed by atoms with E-state index < -0.39 is 5.82 Å². The van der Waals surface area contributed by atoms with Crippen LogP contribution in [0, 0.1) is 11.2 Å². The van der Waals surface area contributed by atoms with E-state index in [1.807, 2.05) is 0 Å². The Hall–Kier alpha value is -2.47. The van der Waals surface area contributed by atoms with Crippen molar-refractivity contribution in [3.8, 4) is 11.3 Å². The molecule has 2 heterocycles. The molecule has 0 amide bonds. The van der Waals surface area contributed by atoms with Crippen molar-refractivity contribution in [1.29, 1.82) is 0 Å². The van der Waals surface area contributed by atoms with Crippen molar-refractivity contribution < 1.29 is 9.50 Å². The normalized spacial score (nSPS) is 12.1. The van der Waals surface area contributed by atoms with Crippen molar-refractivity contribution in [3.05, 3.63) is 52.2 Å². The van der Waals surface area contributed by atoms with Crippen LogP contribution in [0.15, 0.2) is 35.1 Å². The van der Waals surface area contributed by atoms with E-state index in [0.29, 0.717) is 29.0 Å². The van der Waals surface area contributed by atoms with Crippen LogP contribution in [0.2, 0.25) is 0 Å². The monoisotopic (exact) mass is 343 g/mol. The number of aryl methyl sites for hydroxylation is 1. The van der Waals surface area contributed by atoms with Gasteiger partial charge in [0.15, 0.2) is 5.65 Å². The van der Waals surface area contributed by atoms with Gasteiger partial charge in [-0.2, -0.15) is 0 Å². The second-order valence-electron chi connectivity index (χ2n) is 7.50. The summed E-state index contributed by atoms with van der Waals surface area (Å²) in [6.07, 6.45) is 0. The quantitative estimate of drug-likeness (QED) is 0.795. The first-order chi connectivity index (χ1) is 11.7. The van der Waals surface area contributed by atoms with Crippen LogP contribution < -0.4 is 5.69 Å². The van der Waals surface area contributed by atoms with Gasteiger partial charge in [0, 0.05) is 19.2 Å². The number of aliphatic hydroxyl groups excluding tert-OH is 1. The number of nitrogens with zero attached hydrogens (tertiary/aromatic N) is 3. The zero-order valence-corrected chi connectivity index (χ0v) is 14.9. The molecule has 0 spiro atoms. The summed E-state index contributed by atoms with van der Waals surface area (Å²) in [7, 11) is 1.67. The lowest BCUT2D eigenvalue weighted by Crippen LogP contribution is -2.27. The number of rotatable bonds is 3. The summed E-state index contributed by atoms with van der Waals surface area (Å²) in [5.74, 6) is -0.414. The van der Waals surface area contributed by atoms with Crippen molar-refractivity contribution in [2.75, 3.05) is 0 Å². The maximum absolute atomic E-state index is 14.2. The molecule has 0 aliphatic rings. The lowest BCUT2D eigenvalue weighted by molar-refractivity contribution is 0.282. The molecule has 1 aromatic carbocycles. The number of aromatic nitrogens is 3. The first-order valence-electron chi connectivity index (χ1n) is 8.17. The molecule has 25 heavy (non-hydrogen) atoms. The maximum Gasteiger partial charge on any atom is 0.330 e. The van der Waals surface area contributed by atoms with E-state index in [1.165, 1.54) is 16.7 Å². The van der Waals surface area contributed by atoms with Crippen LogP contribution in [0.1, 0.15) is 26.3 Å². The number of aliphatic hydroxyl groups is 1. The van der Waals surface area contributed by atoms with E-state index >= 15 is 0 Å². The highest BCUT2D eigenvalue weighted by atomic mass is 19.1. The van der Waals surface area contributed by atoms with E-state index in [1.54, 1.807) is 29.8 Å². The predicted molar refractivity (Wildman–Crippen MR) is 95.7 cm³/mol. The fourth-order valence-corrected chi connectivity index (χ4v) is 2.92. The van der Waals surface area contributed by atoms with Gasteiger partial charge in [0.2, 0.25) is 0 Å². The average molecular weight is 343 g/mol. The van der Waals surface area contributed by atoms with Gasteiger partial charge in [0.25, 0.3) is 0 Å². The number of hydrogen-bond donors (Lipinski definition) is 1. The van der Waals surface area contributed by atoms with Crippen LogP contribution in [0.5, 0.6) is 0 Å². The van der Waals surface area contributed by atoms with Gasteiger partial charge in [-0.3, -0.25) is 9.13 Å². The molecule has 0 radical (unpaired) electrons. The molecule has 0 unspecified atom stereocenters. The minimum atomic E-state index is -0.414. The molecular weight excluding hydrogens is 321 g/mol. The molecule has 5 nitrogen and oxygen atoms in total. The Morgan fingerprint density at radius 2 is 1.92 bits per heavy atom. The topological polar surface area (TPSA) is 60.0 Å². The molecule has 0 atom stereocenters. The lowest BCUT2D eigenvalue weighted by Gasteiger charge is -2.18. The fraction of sp³-hybridized carbons (Fsp3) is 0.368. The molecule has 3 rings (SSSR count). The standard InChI is InChI=1S/C19H22FN3O2/c1-19(2,3)11-23-16-8-7-15(21-17(16)22(4)18(23)25)13-9-12(10-24)5-6-14(13)20/h5-9,24H,10-11H2,1-4H3. The maximum atomic E-state index is 14.2. The highest BCUT2D eigenvalue weighted by Gasteiger charge is 2.19. The molecule has 0 saturated heterocycles. The van der Waals surface area contributed by atoms with Gasteiger partial charge in [-0.1, -0.05) is 26.8 Å². The molecule has 0 aliphatic carbocycles. The summed E-state index contributed by atoms with van der Waals surface area (Å²) >= 11 is 0. The van der Waals surface area contributed by atoms with Gasteiger partial charge in [0.05, 0.1) is 17.8 Å². The minimum Gasteiger partial charge on any atom is -0.392 e. The molecule has 0 fully saturated rings. The Labute approximate surface area is 145 Å². The molecule has 132 valence electrons. The number of pyridine rings is 1. The van der Waals surface area contributed by atoms with Crippen LogP contribution in [0.4, 0.5) is 4.39 Å². The summed E-state index contributed by atoms with van der Waals surface area (Å²) in [4.78, 5) is 17.1. The van der Waals surface area contributed by atoms with Crippen molar-refractivity contribution in [1.82, 2.24) is 14.1 Å². The van der Waals surface area contributed by atoms with Gasteiger partial charge in [0.1, 0.15) is 5.82 Å². The summed E-state index contributed by atoms with van der Waals surface area (Å²) in [5.41, 5.74) is 2.40. The zero-order chi connectivity index (χ0) is 18.4. The summed E-state index contributed by atoms with van der Waals surface area (Å²) < 4.78 is 17.4. The summed E-state index contributed by atoms with van der Waals surface area (Å²) in [5, 5.41) is 9.27. The summed E-state index contributed by atoms with van der Waals surface area (Å²) in [6, 6.07) is 7.94. The second-order valence-corrected chi connectivity index (χ2v) is 7.50. The van der Waals surface area contributed by atoms with E-state index in [9.17, 15) is 14.3 Å². The van der Waals surface area contributed by atoms with E-state index in [2.05, 4.69) is 25.8 Å². The zero-order valence-electron chi connectivity index (χ0n) is 14.9. The number of hydrogen-bond acceptors (Lipinski definition) is 3. The Morgan fingerprint density at radius 3 is 2.56 bits per heavy atom. The minimum absolute atomic E-state index is 0.0572.